The fraction of sp³-hybridized carbons (Fsp3) is 0.353. The van der Waals surface area contributed by atoms with Gasteiger partial charge in [0.2, 0.25) is 0 Å². The predicted molar refractivity (Wildman–Crippen MR) is 100 cm³/mol. The van der Waals surface area contributed by atoms with Crippen LogP contribution in [0.4, 0.5) is 17.1 Å². The van der Waals surface area contributed by atoms with Gasteiger partial charge in [-0.3, -0.25) is 14.4 Å². The number of para-hydroxylation sites is 1. The van der Waals surface area contributed by atoms with Gasteiger partial charge in [0.1, 0.15) is 28.5 Å². The Hall–Kier alpha value is -2.72. The maximum Gasteiger partial charge on any atom is 0.306 e. The number of rotatable bonds is 7. The van der Waals surface area contributed by atoms with Crippen LogP contribution in [0.15, 0.2) is 32.7 Å². The Balaban J connectivity index is 1.79. The minimum absolute atomic E-state index is 0.00686. The molecule has 0 aromatic heterocycles. The van der Waals surface area contributed by atoms with E-state index < -0.39 is 21.8 Å². The first kappa shape index (κ1) is 19.1. The number of hydrogen-bond acceptors (Lipinski definition) is 8. The second-order valence-corrected chi connectivity index (χ2v) is 7.95. The van der Waals surface area contributed by atoms with Crippen LogP contribution in [0, 0.1) is 0 Å². The summed E-state index contributed by atoms with van der Waals surface area (Å²) < 4.78 is 18.7. The summed E-state index contributed by atoms with van der Waals surface area (Å²) in [7, 11) is 1.63. The standard InChI is InChI=1S/C17H19N3O6S/c1-20(2)27(25)11-5-3-4-10(15(11)22)19-14-13(16(23)17(14)24)18-8-9-6-7-12(21)26-9/h3-5,9,18-19,22H,6-8H2,1-2H3/t9-,27?/m1/s1. The Labute approximate surface area is 157 Å². The first-order valence-electron chi connectivity index (χ1n) is 8.24. The zero-order chi connectivity index (χ0) is 19.7. The van der Waals surface area contributed by atoms with Gasteiger partial charge in [-0.2, -0.15) is 0 Å². The van der Waals surface area contributed by atoms with E-state index in [9.17, 15) is 23.7 Å². The van der Waals surface area contributed by atoms with Gasteiger partial charge in [0.15, 0.2) is 5.75 Å². The molecule has 1 aliphatic rings. The second kappa shape index (κ2) is 7.49. The summed E-state index contributed by atoms with van der Waals surface area (Å²) in [4.78, 5) is 35.1. The third kappa shape index (κ3) is 3.71. The number of nitrogens with zero attached hydrogens (tertiary/aromatic N) is 1. The number of nitrogens with one attached hydrogen (secondary N) is 2. The highest BCUT2D eigenvalue weighted by molar-refractivity contribution is 7.82. The Kier molecular flexibility index (Phi) is 5.29. The average molecular weight is 393 g/mol. The van der Waals surface area contributed by atoms with Crippen LogP contribution in [0.5, 0.6) is 5.75 Å². The minimum atomic E-state index is -1.58. The lowest BCUT2D eigenvalue weighted by atomic mass is 10.1. The molecule has 0 aliphatic carbocycles. The number of carbonyl (C=O) groups excluding carboxylic acids is 1. The number of anilines is 3. The zero-order valence-corrected chi connectivity index (χ0v) is 15.6. The van der Waals surface area contributed by atoms with Crippen LogP contribution >= 0.6 is 0 Å². The SMILES string of the molecule is CN(C)S(=O)c1cccc(Nc2c(NC[C@H]3CCC(=O)O3)c(=O)c2=O)c1O. The monoisotopic (exact) mass is 393 g/mol. The molecule has 0 spiro atoms. The van der Waals surface area contributed by atoms with Crippen molar-refractivity contribution in [1.29, 1.82) is 0 Å². The smallest absolute Gasteiger partial charge is 0.306 e. The third-order valence-corrected chi connectivity index (χ3v) is 5.53. The van der Waals surface area contributed by atoms with Gasteiger partial charge >= 0.3 is 5.97 Å². The Morgan fingerprint density at radius 3 is 2.56 bits per heavy atom. The molecule has 0 amide bonds. The fourth-order valence-electron chi connectivity index (χ4n) is 2.72. The van der Waals surface area contributed by atoms with Crippen molar-refractivity contribution in [3.8, 4) is 5.75 Å². The van der Waals surface area contributed by atoms with E-state index in [2.05, 4.69) is 10.6 Å². The molecular weight excluding hydrogens is 374 g/mol. The highest BCUT2D eigenvalue weighted by Gasteiger charge is 2.27. The van der Waals surface area contributed by atoms with Gasteiger partial charge in [0, 0.05) is 6.42 Å². The second-order valence-electron chi connectivity index (χ2n) is 6.28. The van der Waals surface area contributed by atoms with Crippen LogP contribution in [-0.2, 0) is 20.5 Å². The summed E-state index contributed by atoms with van der Waals surface area (Å²) in [6, 6.07) is 4.59. The number of benzene rings is 1. The number of hydrogen-bond donors (Lipinski definition) is 3. The summed E-state index contributed by atoms with van der Waals surface area (Å²) in [5.41, 5.74) is -1.17. The number of ether oxygens (including phenoxy) is 1. The van der Waals surface area contributed by atoms with Gasteiger partial charge in [-0.1, -0.05) is 6.07 Å². The predicted octanol–water partition coefficient (Wildman–Crippen LogP) is 0.434. The molecule has 1 unspecified atom stereocenters. The largest absolute Gasteiger partial charge is 0.505 e. The molecule has 2 aromatic rings. The number of aromatic hydroxyl groups is 1. The topological polar surface area (TPSA) is 125 Å². The number of cyclic esters (lactones) is 1. The molecule has 1 saturated heterocycles. The molecule has 9 nitrogen and oxygen atoms in total. The van der Waals surface area contributed by atoms with Crippen LogP contribution in [0.2, 0.25) is 0 Å². The Morgan fingerprint density at radius 1 is 1.22 bits per heavy atom. The summed E-state index contributed by atoms with van der Waals surface area (Å²) in [5.74, 6) is -0.561. The molecule has 1 fully saturated rings. The molecule has 0 bridgehead atoms. The minimum Gasteiger partial charge on any atom is -0.505 e. The lowest BCUT2D eigenvalue weighted by molar-refractivity contribution is -0.140. The van der Waals surface area contributed by atoms with Crippen LogP contribution in [0.3, 0.4) is 0 Å². The number of phenolic OH excluding ortho intramolecular Hbond substituents is 1. The van der Waals surface area contributed by atoms with Crippen molar-refractivity contribution in [1.82, 2.24) is 4.31 Å². The normalized spacial score (nSPS) is 17.9. The van der Waals surface area contributed by atoms with Crippen molar-refractivity contribution in [2.75, 3.05) is 31.3 Å². The summed E-state index contributed by atoms with van der Waals surface area (Å²) in [5, 5.41) is 15.9. The molecule has 1 heterocycles. The average Bonchev–Trinajstić information content (AvgIpc) is 3.06. The van der Waals surface area contributed by atoms with Gasteiger partial charge in [-0.25, -0.2) is 8.51 Å². The van der Waals surface area contributed by atoms with Crippen molar-refractivity contribution >= 4 is 34.0 Å². The molecule has 3 rings (SSSR count). The summed E-state index contributed by atoms with van der Waals surface area (Å²) in [6.45, 7) is 0.210. The van der Waals surface area contributed by atoms with Gasteiger partial charge in [0.05, 0.1) is 17.1 Å². The van der Waals surface area contributed by atoms with Crippen LogP contribution < -0.4 is 21.5 Å². The lowest BCUT2D eigenvalue weighted by Crippen LogP contribution is -2.38. The quantitative estimate of drug-likeness (QED) is 0.351. The molecular formula is C17H19N3O6S. The van der Waals surface area contributed by atoms with Crippen LogP contribution in [-0.4, -0.2) is 46.3 Å². The molecule has 0 radical (unpaired) electrons. The van der Waals surface area contributed by atoms with Crippen molar-refractivity contribution in [2.24, 2.45) is 0 Å². The zero-order valence-electron chi connectivity index (χ0n) is 14.8. The van der Waals surface area contributed by atoms with Crippen molar-refractivity contribution in [3.05, 3.63) is 38.6 Å². The van der Waals surface area contributed by atoms with Crippen LogP contribution in [0.25, 0.3) is 0 Å². The van der Waals surface area contributed by atoms with E-state index in [0.29, 0.717) is 12.8 Å². The van der Waals surface area contributed by atoms with Gasteiger partial charge < -0.3 is 20.5 Å². The maximum absolute atomic E-state index is 12.2. The first-order valence-corrected chi connectivity index (χ1v) is 9.35. The van der Waals surface area contributed by atoms with E-state index in [1.807, 2.05) is 0 Å². The lowest BCUT2D eigenvalue weighted by Gasteiger charge is -2.18. The highest BCUT2D eigenvalue weighted by atomic mass is 32.2. The van der Waals surface area contributed by atoms with Crippen molar-refractivity contribution in [2.45, 2.75) is 23.8 Å². The number of carbonyl (C=O) groups is 1. The molecule has 27 heavy (non-hydrogen) atoms. The first-order chi connectivity index (χ1) is 12.8. The van der Waals surface area contributed by atoms with E-state index in [1.165, 1.54) is 16.4 Å². The molecule has 2 aromatic carbocycles. The number of esters is 1. The van der Waals surface area contributed by atoms with E-state index in [0.717, 1.165) is 0 Å². The van der Waals surface area contributed by atoms with E-state index in [4.69, 9.17) is 4.74 Å². The van der Waals surface area contributed by atoms with Gasteiger partial charge in [-0.15, -0.1) is 0 Å². The Bertz CT molecular complexity index is 980. The molecule has 2 atom stereocenters. The van der Waals surface area contributed by atoms with Crippen molar-refractivity contribution < 1.29 is 18.8 Å². The van der Waals surface area contributed by atoms with Crippen LogP contribution in [0.1, 0.15) is 12.8 Å². The van der Waals surface area contributed by atoms with E-state index in [1.54, 1.807) is 20.2 Å². The maximum atomic E-state index is 12.2. The summed E-state index contributed by atoms with van der Waals surface area (Å²) >= 11 is 0. The fourth-order valence-corrected chi connectivity index (χ4v) is 3.58. The summed E-state index contributed by atoms with van der Waals surface area (Å²) in [6.07, 6.45) is 0.519. The molecule has 3 N–H and O–H groups in total. The van der Waals surface area contributed by atoms with E-state index >= 15 is 0 Å². The van der Waals surface area contributed by atoms with E-state index in [-0.39, 0.29) is 46.3 Å². The van der Waals surface area contributed by atoms with Gasteiger partial charge in [0.25, 0.3) is 10.9 Å². The Morgan fingerprint density at radius 2 is 1.93 bits per heavy atom. The molecule has 0 saturated carbocycles. The molecule has 144 valence electrons. The third-order valence-electron chi connectivity index (χ3n) is 4.16. The van der Waals surface area contributed by atoms with Gasteiger partial charge in [-0.05, 0) is 32.6 Å². The molecule has 10 heteroatoms. The number of phenols is 1. The highest BCUT2D eigenvalue weighted by Crippen LogP contribution is 2.33. The molecule has 1 aliphatic heterocycles. The van der Waals surface area contributed by atoms with Crippen molar-refractivity contribution in [3.63, 3.8) is 0 Å².